The first-order chi connectivity index (χ1) is 8.79. The van der Waals surface area contributed by atoms with Crippen molar-refractivity contribution in [3.05, 3.63) is 22.7 Å². The molecule has 1 aromatic carbocycles. The minimum Gasteiger partial charge on any atom is -0.497 e. The smallest absolute Gasteiger partial charge is 0.133 e. The molecule has 0 bridgehead atoms. The molecule has 2 rings (SSSR count). The van der Waals surface area contributed by atoms with Crippen molar-refractivity contribution >= 4 is 15.9 Å². The van der Waals surface area contributed by atoms with Crippen molar-refractivity contribution in [2.24, 2.45) is 5.92 Å². The second-order valence-electron chi connectivity index (χ2n) is 4.65. The zero-order chi connectivity index (χ0) is 12.8. The van der Waals surface area contributed by atoms with Gasteiger partial charge in [0.1, 0.15) is 11.5 Å². The van der Waals surface area contributed by atoms with Crippen molar-refractivity contribution in [1.82, 2.24) is 5.32 Å². The third-order valence-corrected chi connectivity index (χ3v) is 3.94. The summed E-state index contributed by atoms with van der Waals surface area (Å²) < 4.78 is 11.9. The van der Waals surface area contributed by atoms with Crippen LogP contribution in [0.1, 0.15) is 19.3 Å². The molecule has 18 heavy (non-hydrogen) atoms. The standard InChI is InChI=1S/C14H20BrNO2/c1-17-12-4-5-14(13(15)9-12)18-8-6-11-3-2-7-16-10-11/h4-5,9,11,16H,2-3,6-8,10H2,1H3/t11-/m1/s1. The van der Waals surface area contributed by atoms with Crippen molar-refractivity contribution in [3.63, 3.8) is 0 Å². The molecule has 4 heteroatoms. The number of benzene rings is 1. The van der Waals surface area contributed by atoms with Crippen molar-refractivity contribution < 1.29 is 9.47 Å². The van der Waals surface area contributed by atoms with Gasteiger partial charge in [0.25, 0.3) is 0 Å². The highest BCUT2D eigenvalue weighted by molar-refractivity contribution is 9.10. The summed E-state index contributed by atoms with van der Waals surface area (Å²) in [5.74, 6) is 2.49. The molecule has 0 spiro atoms. The van der Waals surface area contributed by atoms with Gasteiger partial charge in [0, 0.05) is 0 Å². The molecule has 0 unspecified atom stereocenters. The van der Waals surface area contributed by atoms with Gasteiger partial charge in [0.2, 0.25) is 0 Å². The predicted molar refractivity (Wildman–Crippen MR) is 76.4 cm³/mol. The van der Waals surface area contributed by atoms with E-state index in [1.54, 1.807) is 7.11 Å². The first kappa shape index (κ1) is 13.7. The van der Waals surface area contributed by atoms with Crippen LogP contribution in [0.2, 0.25) is 0 Å². The summed E-state index contributed by atoms with van der Waals surface area (Å²) in [6.45, 7) is 3.08. The summed E-state index contributed by atoms with van der Waals surface area (Å²) in [5, 5.41) is 3.43. The van der Waals surface area contributed by atoms with Gasteiger partial charge < -0.3 is 14.8 Å². The van der Waals surface area contributed by atoms with Crippen LogP contribution in [-0.2, 0) is 0 Å². The van der Waals surface area contributed by atoms with Gasteiger partial charge in [-0.1, -0.05) is 0 Å². The lowest BCUT2D eigenvalue weighted by molar-refractivity contribution is 0.253. The summed E-state index contributed by atoms with van der Waals surface area (Å²) in [6, 6.07) is 5.79. The van der Waals surface area contributed by atoms with Gasteiger partial charge in [-0.2, -0.15) is 0 Å². The van der Waals surface area contributed by atoms with E-state index < -0.39 is 0 Å². The minimum absolute atomic E-state index is 0.760. The zero-order valence-electron chi connectivity index (χ0n) is 10.7. The molecular formula is C14H20BrNO2. The fraction of sp³-hybridized carbons (Fsp3) is 0.571. The second kappa shape index (κ2) is 7.00. The topological polar surface area (TPSA) is 30.5 Å². The lowest BCUT2D eigenvalue weighted by Gasteiger charge is -2.22. The molecule has 100 valence electrons. The monoisotopic (exact) mass is 313 g/mol. The van der Waals surface area contributed by atoms with E-state index in [1.165, 1.54) is 19.4 Å². The average molecular weight is 314 g/mol. The first-order valence-electron chi connectivity index (χ1n) is 6.46. The predicted octanol–water partition coefficient (Wildman–Crippen LogP) is 3.23. The Kier molecular flexibility index (Phi) is 5.32. The molecule has 1 aliphatic rings. The van der Waals surface area contributed by atoms with E-state index in [2.05, 4.69) is 21.2 Å². The lowest BCUT2D eigenvalue weighted by atomic mass is 9.97. The molecule has 1 aromatic rings. The molecule has 1 aliphatic heterocycles. The molecule has 0 aliphatic carbocycles. The Morgan fingerprint density at radius 3 is 3.00 bits per heavy atom. The third-order valence-electron chi connectivity index (χ3n) is 3.32. The molecule has 1 N–H and O–H groups in total. The maximum absolute atomic E-state index is 5.81. The van der Waals surface area contributed by atoms with Crippen LogP contribution < -0.4 is 14.8 Å². The number of piperidine rings is 1. The maximum atomic E-state index is 5.81. The normalized spacial score (nSPS) is 19.6. The van der Waals surface area contributed by atoms with Gasteiger partial charge >= 0.3 is 0 Å². The van der Waals surface area contributed by atoms with Gasteiger partial charge in [-0.25, -0.2) is 0 Å². The molecule has 1 atom stereocenters. The van der Waals surface area contributed by atoms with Crippen LogP contribution in [0.5, 0.6) is 11.5 Å². The lowest BCUT2D eigenvalue weighted by Crippen LogP contribution is -2.30. The Balaban J connectivity index is 1.79. The Hall–Kier alpha value is -0.740. The summed E-state index contributed by atoms with van der Waals surface area (Å²) >= 11 is 3.50. The molecule has 1 heterocycles. The van der Waals surface area contributed by atoms with Crippen LogP contribution in [0.3, 0.4) is 0 Å². The van der Waals surface area contributed by atoms with Crippen molar-refractivity contribution in [1.29, 1.82) is 0 Å². The van der Waals surface area contributed by atoms with Crippen LogP contribution in [0.4, 0.5) is 0 Å². The Morgan fingerprint density at radius 2 is 2.33 bits per heavy atom. The van der Waals surface area contributed by atoms with Gasteiger partial charge in [-0.3, -0.25) is 0 Å². The molecule has 0 radical (unpaired) electrons. The van der Waals surface area contributed by atoms with E-state index in [0.717, 1.165) is 41.5 Å². The van der Waals surface area contributed by atoms with Crippen LogP contribution in [0.15, 0.2) is 22.7 Å². The van der Waals surface area contributed by atoms with E-state index in [1.807, 2.05) is 18.2 Å². The highest BCUT2D eigenvalue weighted by atomic mass is 79.9. The van der Waals surface area contributed by atoms with Gasteiger partial charge in [-0.15, -0.1) is 0 Å². The Labute approximate surface area is 117 Å². The molecule has 1 fully saturated rings. The number of hydrogen-bond acceptors (Lipinski definition) is 3. The highest BCUT2D eigenvalue weighted by Gasteiger charge is 2.13. The average Bonchev–Trinajstić information content (AvgIpc) is 2.42. The minimum atomic E-state index is 0.760. The van der Waals surface area contributed by atoms with Crippen LogP contribution in [-0.4, -0.2) is 26.8 Å². The van der Waals surface area contributed by atoms with Crippen LogP contribution in [0.25, 0.3) is 0 Å². The van der Waals surface area contributed by atoms with E-state index in [9.17, 15) is 0 Å². The summed E-state index contributed by atoms with van der Waals surface area (Å²) in [5.41, 5.74) is 0. The van der Waals surface area contributed by atoms with E-state index >= 15 is 0 Å². The third kappa shape index (κ3) is 3.89. The Bertz CT molecular complexity index is 378. The number of hydrogen-bond donors (Lipinski definition) is 1. The largest absolute Gasteiger partial charge is 0.497 e. The quantitative estimate of drug-likeness (QED) is 0.905. The number of ether oxygens (including phenoxy) is 2. The summed E-state index contributed by atoms with van der Waals surface area (Å²) in [4.78, 5) is 0. The van der Waals surface area contributed by atoms with Crippen LogP contribution in [0, 0.1) is 5.92 Å². The van der Waals surface area contributed by atoms with Crippen molar-refractivity contribution in [2.45, 2.75) is 19.3 Å². The number of rotatable bonds is 5. The first-order valence-corrected chi connectivity index (χ1v) is 7.26. The van der Waals surface area contributed by atoms with Gasteiger partial charge in [0.05, 0.1) is 18.2 Å². The fourth-order valence-electron chi connectivity index (χ4n) is 2.23. The number of halogens is 1. The van der Waals surface area contributed by atoms with Crippen molar-refractivity contribution in [3.8, 4) is 11.5 Å². The van der Waals surface area contributed by atoms with E-state index in [4.69, 9.17) is 9.47 Å². The second-order valence-corrected chi connectivity index (χ2v) is 5.50. The molecule has 0 amide bonds. The van der Waals surface area contributed by atoms with Crippen molar-refractivity contribution in [2.75, 3.05) is 26.8 Å². The fourth-order valence-corrected chi connectivity index (χ4v) is 2.70. The highest BCUT2D eigenvalue weighted by Crippen LogP contribution is 2.29. The number of nitrogens with one attached hydrogen (secondary N) is 1. The van der Waals surface area contributed by atoms with Crippen LogP contribution >= 0.6 is 15.9 Å². The van der Waals surface area contributed by atoms with Gasteiger partial charge in [-0.05, 0) is 72.4 Å². The number of methoxy groups -OCH3 is 1. The molecule has 0 saturated carbocycles. The summed E-state index contributed by atoms with van der Waals surface area (Å²) in [6.07, 6.45) is 3.72. The SMILES string of the molecule is COc1ccc(OCC[C@H]2CCCNC2)c(Br)c1. The van der Waals surface area contributed by atoms with Gasteiger partial charge in [0.15, 0.2) is 0 Å². The molecule has 3 nitrogen and oxygen atoms in total. The maximum Gasteiger partial charge on any atom is 0.133 e. The summed E-state index contributed by atoms with van der Waals surface area (Å²) in [7, 11) is 1.67. The molecule has 1 saturated heterocycles. The van der Waals surface area contributed by atoms with E-state index in [-0.39, 0.29) is 0 Å². The Morgan fingerprint density at radius 1 is 1.44 bits per heavy atom. The van der Waals surface area contributed by atoms with E-state index in [0.29, 0.717) is 0 Å². The zero-order valence-corrected chi connectivity index (χ0v) is 12.3. The molecular weight excluding hydrogens is 294 g/mol. The molecule has 0 aromatic heterocycles.